The van der Waals surface area contributed by atoms with Gasteiger partial charge in [-0.05, 0) is 20.3 Å². The average Bonchev–Trinajstić information content (AvgIpc) is 2.32. The van der Waals surface area contributed by atoms with Crippen molar-refractivity contribution >= 4 is 11.8 Å². The highest BCUT2D eigenvalue weighted by Crippen LogP contribution is 2.14. The molecule has 0 saturated heterocycles. The molecular weight excluding hydrogens is 225 g/mol. The number of aryl methyl sites for hydroxylation is 1. The molecule has 6 heteroatoms. The SMILES string of the molecule is CCOC(=O)C(C)Nc1ncnc(CC)c1F. The topological polar surface area (TPSA) is 64.1 Å². The van der Waals surface area contributed by atoms with Gasteiger partial charge in [0.25, 0.3) is 0 Å². The van der Waals surface area contributed by atoms with Crippen molar-refractivity contribution < 1.29 is 13.9 Å². The first-order chi connectivity index (χ1) is 8.10. The Hall–Kier alpha value is -1.72. The minimum Gasteiger partial charge on any atom is -0.464 e. The minimum absolute atomic E-state index is 0.0254. The lowest BCUT2D eigenvalue weighted by molar-refractivity contribution is -0.143. The lowest BCUT2D eigenvalue weighted by Gasteiger charge is -2.14. The third kappa shape index (κ3) is 3.37. The second-order valence-electron chi connectivity index (χ2n) is 3.45. The summed E-state index contributed by atoms with van der Waals surface area (Å²) in [6.07, 6.45) is 1.74. The van der Waals surface area contributed by atoms with E-state index in [2.05, 4.69) is 15.3 Å². The number of nitrogens with zero attached hydrogens (tertiary/aromatic N) is 2. The van der Waals surface area contributed by atoms with Crippen molar-refractivity contribution in [2.45, 2.75) is 33.2 Å². The lowest BCUT2D eigenvalue weighted by Crippen LogP contribution is -2.29. The number of carbonyl (C=O) groups excluding carboxylic acids is 1. The predicted molar refractivity (Wildman–Crippen MR) is 61.1 cm³/mol. The van der Waals surface area contributed by atoms with E-state index in [1.807, 2.05) is 0 Å². The van der Waals surface area contributed by atoms with Crippen molar-refractivity contribution in [1.29, 1.82) is 0 Å². The molecule has 0 aliphatic carbocycles. The molecule has 0 amide bonds. The maximum atomic E-state index is 13.7. The summed E-state index contributed by atoms with van der Waals surface area (Å²) in [5.41, 5.74) is 0.318. The third-order valence-electron chi connectivity index (χ3n) is 2.19. The molecule has 0 radical (unpaired) electrons. The zero-order chi connectivity index (χ0) is 12.8. The van der Waals surface area contributed by atoms with Crippen LogP contribution in [0.25, 0.3) is 0 Å². The highest BCUT2D eigenvalue weighted by Gasteiger charge is 2.17. The number of aromatic nitrogens is 2. The summed E-state index contributed by atoms with van der Waals surface area (Å²) in [5, 5.41) is 2.67. The summed E-state index contributed by atoms with van der Waals surface area (Å²) in [7, 11) is 0. The third-order valence-corrected chi connectivity index (χ3v) is 2.19. The number of hydrogen-bond acceptors (Lipinski definition) is 5. The molecule has 1 unspecified atom stereocenters. The molecule has 0 aliphatic heterocycles. The van der Waals surface area contributed by atoms with Crippen LogP contribution >= 0.6 is 0 Å². The Morgan fingerprint density at radius 2 is 2.24 bits per heavy atom. The van der Waals surface area contributed by atoms with Gasteiger partial charge in [0.2, 0.25) is 0 Å². The Labute approximate surface area is 99.4 Å². The number of esters is 1. The number of rotatable bonds is 5. The molecule has 0 bridgehead atoms. The average molecular weight is 241 g/mol. The smallest absolute Gasteiger partial charge is 0.328 e. The predicted octanol–water partition coefficient (Wildman–Crippen LogP) is 1.54. The molecular formula is C11H16FN3O2. The van der Waals surface area contributed by atoms with Crippen molar-refractivity contribution in [2.24, 2.45) is 0 Å². The second-order valence-corrected chi connectivity index (χ2v) is 3.45. The van der Waals surface area contributed by atoms with Crippen molar-refractivity contribution in [3.05, 3.63) is 17.8 Å². The summed E-state index contributed by atoms with van der Waals surface area (Å²) in [4.78, 5) is 18.9. The fraction of sp³-hybridized carbons (Fsp3) is 0.545. The molecule has 0 saturated carbocycles. The fourth-order valence-electron chi connectivity index (χ4n) is 1.28. The van der Waals surface area contributed by atoms with Gasteiger partial charge >= 0.3 is 5.97 Å². The highest BCUT2D eigenvalue weighted by molar-refractivity contribution is 5.78. The molecule has 1 aromatic rings. The first-order valence-corrected chi connectivity index (χ1v) is 5.52. The van der Waals surface area contributed by atoms with Gasteiger partial charge in [0.15, 0.2) is 11.6 Å². The van der Waals surface area contributed by atoms with E-state index < -0.39 is 17.8 Å². The summed E-state index contributed by atoms with van der Waals surface area (Å²) < 4.78 is 18.5. The Bertz CT molecular complexity index is 398. The van der Waals surface area contributed by atoms with Crippen LogP contribution in [0.4, 0.5) is 10.2 Å². The quantitative estimate of drug-likeness (QED) is 0.792. The molecule has 17 heavy (non-hydrogen) atoms. The number of nitrogens with one attached hydrogen (secondary N) is 1. The van der Waals surface area contributed by atoms with Crippen LogP contribution in [0.2, 0.25) is 0 Å². The Balaban J connectivity index is 2.78. The molecule has 1 heterocycles. The maximum Gasteiger partial charge on any atom is 0.328 e. The number of ether oxygens (including phenoxy) is 1. The molecule has 5 nitrogen and oxygen atoms in total. The Morgan fingerprint density at radius 1 is 1.53 bits per heavy atom. The molecule has 0 aromatic carbocycles. The van der Waals surface area contributed by atoms with Crippen molar-refractivity contribution in [3.63, 3.8) is 0 Å². The highest BCUT2D eigenvalue weighted by atomic mass is 19.1. The summed E-state index contributed by atoms with van der Waals surface area (Å²) in [6, 6.07) is -0.649. The zero-order valence-corrected chi connectivity index (χ0v) is 10.2. The van der Waals surface area contributed by atoms with Crippen LogP contribution in [0.15, 0.2) is 6.33 Å². The van der Waals surface area contributed by atoms with E-state index in [0.717, 1.165) is 0 Å². The Kier molecular flexibility index (Phi) is 4.81. The van der Waals surface area contributed by atoms with Gasteiger partial charge in [0.1, 0.15) is 12.4 Å². The number of halogens is 1. The van der Waals surface area contributed by atoms with Crippen LogP contribution in [0.1, 0.15) is 26.5 Å². The van der Waals surface area contributed by atoms with Crippen LogP contribution < -0.4 is 5.32 Å². The second kappa shape index (κ2) is 6.12. The molecule has 1 rings (SSSR count). The number of anilines is 1. The van der Waals surface area contributed by atoms with E-state index in [1.54, 1.807) is 20.8 Å². The summed E-state index contributed by atoms with van der Waals surface area (Å²) in [6.45, 7) is 5.39. The fourth-order valence-corrected chi connectivity index (χ4v) is 1.28. The van der Waals surface area contributed by atoms with Gasteiger partial charge in [-0.1, -0.05) is 6.92 Å². The first-order valence-electron chi connectivity index (χ1n) is 5.52. The van der Waals surface area contributed by atoms with E-state index in [0.29, 0.717) is 12.1 Å². The number of hydrogen-bond donors (Lipinski definition) is 1. The minimum atomic E-state index is -0.649. The summed E-state index contributed by atoms with van der Waals surface area (Å²) >= 11 is 0. The molecule has 1 aromatic heterocycles. The molecule has 0 spiro atoms. The molecule has 1 atom stereocenters. The number of carbonyl (C=O) groups is 1. The van der Waals surface area contributed by atoms with Gasteiger partial charge in [-0.2, -0.15) is 0 Å². The standard InChI is InChI=1S/C11H16FN3O2/c1-4-8-9(12)10(14-6-13-8)15-7(3)11(16)17-5-2/h6-7H,4-5H2,1-3H3,(H,13,14,15). The zero-order valence-electron chi connectivity index (χ0n) is 10.2. The van der Waals surface area contributed by atoms with Crippen LogP contribution in [-0.4, -0.2) is 28.6 Å². The molecule has 94 valence electrons. The van der Waals surface area contributed by atoms with Crippen molar-refractivity contribution in [3.8, 4) is 0 Å². The van der Waals surface area contributed by atoms with Crippen LogP contribution in [0.3, 0.4) is 0 Å². The summed E-state index contributed by atoms with van der Waals surface area (Å²) in [5.74, 6) is -0.938. The van der Waals surface area contributed by atoms with Crippen LogP contribution in [0.5, 0.6) is 0 Å². The maximum absolute atomic E-state index is 13.7. The van der Waals surface area contributed by atoms with Crippen molar-refractivity contribution in [2.75, 3.05) is 11.9 Å². The van der Waals surface area contributed by atoms with E-state index >= 15 is 0 Å². The van der Waals surface area contributed by atoms with Gasteiger partial charge in [-0.25, -0.2) is 19.2 Å². The van der Waals surface area contributed by atoms with E-state index in [1.165, 1.54) is 6.33 Å². The lowest BCUT2D eigenvalue weighted by atomic mass is 10.3. The monoisotopic (exact) mass is 241 g/mol. The van der Waals surface area contributed by atoms with E-state index in [-0.39, 0.29) is 12.4 Å². The van der Waals surface area contributed by atoms with Gasteiger partial charge in [0, 0.05) is 0 Å². The van der Waals surface area contributed by atoms with Gasteiger partial charge in [-0.15, -0.1) is 0 Å². The first kappa shape index (κ1) is 13.3. The largest absolute Gasteiger partial charge is 0.464 e. The van der Waals surface area contributed by atoms with E-state index in [4.69, 9.17) is 4.74 Å². The molecule has 1 N–H and O–H groups in total. The molecule has 0 fully saturated rings. The van der Waals surface area contributed by atoms with Gasteiger partial charge < -0.3 is 10.1 Å². The van der Waals surface area contributed by atoms with Crippen LogP contribution in [0, 0.1) is 5.82 Å². The molecule has 0 aliphatic rings. The normalized spacial score (nSPS) is 12.0. The van der Waals surface area contributed by atoms with Gasteiger partial charge in [-0.3, -0.25) is 0 Å². The van der Waals surface area contributed by atoms with Crippen molar-refractivity contribution in [1.82, 2.24) is 9.97 Å². The van der Waals surface area contributed by atoms with Gasteiger partial charge in [0.05, 0.1) is 12.3 Å². The van der Waals surface area contributed by atoms with E-state index in [9.17, 15) is 9.18 Å². The van der Waals surface area contributed by atoms with Crippen LogP contribution in [-0.2, 0) is 16.0 Å². The Morgan fingerprint density at radius 3 is 2.82 bits per heavy atom.